The summed E-state index contributed by atoms with van der Waals surface area (Å²) in [7, 11) is 1.31. The molecular formula is C33H38ClFN6O6. The fraction of sp³-hybridized carbons (Fsp3) is 0.424. The SMILES string of the molecule is COC(=O)CC1CN(CCC(=O)Nc2cc(N3CCOc4cnc(-c5cc(Cl)ccc5F)cc43)ccn2)CCN1C(=O)OC(C)(C)C. The van der Waals surface area contributed by atoms with Crippen molar-refractivity contribution in [3.8, 4) is 17.0 Å². The number of anilines is 3. The van der Waals surface area contributed by atoms with Gasteiger partial charge < -0.3 is 29.3 Å². The van der Waals surface area contributed by atoms with E-state index in [4.69, 9.17) is 25.8 Å². The van der Waals surface area contributed by atoms with Crippen LogP contribution in [-0.4, -0.2) is 95.8 Å². The molecule has 0 saturated carbocycles. The van der Waals surface area contributed by atoms with E-state index in [1.54, 1.807) is 50.2 Å². The number of benzene rings is 1. The lowest BCUT2D eigenvalue weighted by Gasteiger charge is -2.41. The van der Waals surface area contributed by atoms with Gasteiger partial charge in [-0.25, -0.2) is 14.2 Å². The quantitative estimate of drug-likeness (QED) is 0.317. The van der Waals surface area contributed by atoms with Crippen molar-refractivity contribution in [1.29, 1.82) is 0 Å². The Hall–Kier alpha value is -4.49. The molecule has 14 heteroatoms. The minimum absolute atomic E-state index is 0.0193. The van der Waals surface area contributed by atoms with E-state index in [1.807, 2.05) is 15.9 Å². The number of rotatable bonds is 8. The van der Waals surface area contributed by atoms with E-state index < -0.39 is 29.5 Å². The normalized spacial score (nSPS) is 16.6. The van der Waals surface area contributed by atoms with E-state index in [1.165, 1.54) is 25.3 Å². The van der Waals surface area contributed by atoms with Crippen LogP contribution in [0.2, 0.25) is 5.02 Å². The van der Waals surface area contributed by atoms with Gasteiger partial charge in [0.15, 0.2) is 5.75 Å². The highest BCUT2D eigenvalue weighted by Gasteiger charge is 2.35. The van der Waals surface area contributed by atoms with Crippen LogP contribution >= 0.6 is 11.6 Å². The number of carbonyl (C=O) groups excluding carboxylic acids is 3. The second-order valence-electron chi connectivity index (χ2n) is 12.3. The Morgan fingerprint density at radius 3 is 2.68 bits per heavy atom. The van der Waals surface area contributed by atoms with Crippen molar-refractivity contribution in [1.82, 2.24) is 19.8 Å². The first-order chi connectivity index (χ1) is 22.4. The molecule has 47 heavy (non-hydrogen) atoms. The number of nitrogens with one attached hydrogen (secondary N) is 1. The third kappa shape index (κ3) is 8.66. The van der Waals surface area contributed by atoms with E-state index in [0.29, 0.717) is 67.3 Å². The monoisotopic (exact) mass is 668 g/mol. The first kappa shape index (κ1) is 33.9. The predicted octanol–water partition coefficient (Wildman–Crippen LogP) is 5.28. The third-order valence-electron chi connectivity index (χ3n) is 7.72. The fourth-order valence-corrected chi connectivity index (χ4v) is 5.66. The van der Waals surface area contributed by atoms with Gasteiger partial charge in [0.05, 0.1) is 43.7 Å². The Labute approximate surface area is 277 Å². The summed E-state index contributed by atoms with van der Waals surface area (Å²) in [6.07, 6.45) is 2.87. The van der Waals surface area contributed by atoms with Gasteiger partial charge in [0.1, 0.15) is 23.8 Å². The Bertz CT molecular complexity index is 1640. The Morgan fingerprint density at radius 2 is 1.91 bits per heavy atom. The average molecular weight is 669 g/mol. The first-order valence-electron chi connectivity index (χ1n) is 15.3. The number of carbonyl (C=O) groups is 3. The molecule has 3 aromatic rings. The maximum absolute atomic E-state index is 14.6. The maximum Gasteiger partial charge on any atom is 0.410 e. The summed E-state index contributed by atoms with van der Waals surface area (Å²) in [6, 6.07) is 9.19. The van der Waals surface area contributed by atoms with Gasteiger partial charge in [-0.2, -0.15) is 0 Å². The van der Waals surface area contributed by atoms with Crippen molar-refractivity contribution >= 4 is 46.8 Å². The van der Waals surface area contributed by atoms with Gasteiger partial charge >= 0.3 is 12.1 Å². The molecule has 2 amide bonds. The Kier molecular flexibility index (Phi) is 10.5. The molecule has 1 atom stereocenters. The number of hydrogen-bond donors (Lipinski definition) is 1. The van der Waals surface area contributed by atoms with Crippen LogP contribution < -0.4 is 15.0 Å². The van der Waals surface area contributed by atoms with Gasteiger partial charge in [0.25, 0.3) is 0 Å². The van der Waals surface area contributed by atoms with Crippen LogP contribution in [0.25, 0.3) is 11.3 Å². The number of methoxy groups -OCH3 is 1. The molecule has 0 bridgehead atoms. The van der Waals surface area contributed by atoms with Crippen LogP contribution in [0.3, 0.4) is 0 Å². The molecule has 250 valence electrons. The largest absolute Gasteiger partial charge is 0.488 e. The second-order valence-corrected chi connectivity index (χ2v) is 12.7. The van der Waals surface area contributed by atoms with Crippen LogP contribution in [0.5, 0.6) is 5.75 Å². The molecular weight excluding hydrogens is 631 g/mol. The van der Waals surface area contributed by atoms with Crippen molar-refractivity contribution in [3.63, 3.8) is 0 Å². The number of esters is 1. The van der Waals surface area contributed by atoms with Gasteiger partial charge in [-0.1, -0.05) is 11.6 Å². The van der Waals surface area contributed by atoms with E-state index in [-0.39, 0.29) is 24.3 Å². The minimum atomic E-state index is -0.671. The highest BCUT2D eigenvalue weighted by atomic mass is 35.5. The van der Waals surface area contributed by atoms with E-state index in [0.717, 1.165) is 5.69 Å². The van der Waals surface area contributed by atoms with Crippen molar-refractivity contribution in [2.24, 2.45) is 0 Å². The molecule has 5 rings (SSSR count). The molecule has 1 unspecified atom stereocenters. The minimum Gasteiger partial charge on any atom is -0.488 e. The van der Waals surface area contributed by atoms with E-state index in [9.17, 15) is 18.8 Å². The lowest BCUT2D eigenvalue weighted by atomic mass is 10.1. The molecule has 0 aliphatic carbocycles. The van der Waals surface area contributed by atoms with E-state index >= 15 is 0 Å². The number of nitrogens with zero attached hydrogens (tertiary/aromatic N) is 5. The van der Waals surface area contributed by atoms with Gasteiger partial charge in [-0.15, -0.1) is 0 Å². The number of hydrogen-bond acceptors (Lipinski definition) is 10. The number of pyridine rings is 2. The molecule has 1 fully saturated rings. The number of ether oxygens (including phenoxy) is 3. The Morgan fingerprint density at radius 1 is 1.11 bits per heavy atom. The van der Waals surface area contributed by atoms with Crippen molar-refractivity contribution in [3.05, 3.63) is 59.6 Å². The predicted molar refractivity (Wildman–Crippen MR) is 174 cm³/mol. The van der Waals surface area contributed by atoms with Crippen molar-refractivity contribution in [2.75, 3.05) is 56.7 Å². The lowest BCUT2D eigenvalue weighted by Crippen LogP contribution is -2.57. The highest BCUT2D eigenvalue weighted by molar-refractivity contribution is 6.30. The topological polar surface area (TPSA) is 126 Å². The van der Waals surface area contributed by atoms with Crippen LogP contribution in [0.4, 0.5) is 26.4 Å². The second kappa shape index (κ2) is 14.5. The Balaban J connectivity index is 1.23. The van der Waals surface area contributed by atoms with Crippen LogP contribution in [0.1, 0.15) is 33.6 Å². The number of amides is 2. The van der Waals surface area contributed by atoms with Crippen molar-refractivity contribution in [2.45, 2.75) is 45.3 Å². The van der Waals surface area contributed by atoms with Crippen LogP contribution in [-0.2, 0) is 19.1 Å². The molecule has 2 aliphatic rings. The number of aromatic nitrogens is 2. The molecule has 0 spiro atoms. The standard InChI is InChI=1S/C33H38ClFN6O6/c1-33(2,3)47-32(44)41-12-11-39(20-23(41)17-31(43)45-4)10-8-30(42)38-29-16-22(7-9-36-29)40-13-14-46-28-19-37-26(18-27(28)40)24-15-21(34)5-6-25(24)35/h5-7,9,15-16,18-19,23H,8,10-14,17,20H2,1-4H3,(H,36,38,42). The molecule has 1 saturated heterocycles. The summed E-state index contributed by atoms with van der Waals surface area (Å²) in [6.45, 7) is 7.96. The fourth-order valence-electron chi connectivity index (χ4n) is 5.49. The molecule has 1 aromatic carbocycles. The zero-order valence-corrected chi connectivity index (χ0v) is 27.6. The van der Waals surface area contributed by atoms with Gasteiger partial charge in [0.2, 0.25) is 5.91 Å². The van der Waals surface area contributed by atoms with Crippen LogP contribution in [0.15, 0.2) is 48.8 Å². The molecule has 0 radical (unpaired) electrons. The average Bonchev–Trinajstić information content (AvgIpc) is 3.03. The lowest BCUT2D eigenvalue weighted by molar-refractivity contribution is -0.142. The van der Waals surface area contributed by atoms with Gasteiger partial charge in [-0.05, 0) is 51.1 Å². The van der Waals surface area contributed by atoms with Crippen molar-refractivity contribution < 1.29 is 33.0 Å². The number of piperazine rings is 1. The van der Waals surface area contributed by atoms with Gasteiger partial charge in [-0.3, -0.25) is 19.5 Å². The summed E-state index contributed by atoms with van der Waals surface area (Å²) in [5, 5.41) is 3.27. The van der Waals surface area contributed by atoms with E-state index in [2.05, 4.69) is 15.3 Å². The zero-order chi connectivity index (χ0) is 33.7. The first-order valence-corrected chi connectivity index (χ1v) is 15.7. The summed E-state index contributed by atoms with van der Waals surface area (Å²) in [4.78, 5) is 52.2. The molecule has 4 heterocycles. The third-order valence-corrected chi connectivity index (χ3v) is 7.95. The number of halogens is 2. The smallest absolute Gasteiger partial charge is 0.410 e. The summed E-state index contributed by atoms with van der Waals surface area (Å²) < 4.78 is 30.8. The molecule has 2 aromatic heterocycles. The zero-order valence-electron chi connectivity index (χ0n) is 26.8. The van der Waals surface area contributed by atoms with Crippen LogP contribution in [0, 0.1) is 5.82 Å². The maximum atomic E-state index is 14.6. The molecule has 1 N–H and O–H groups in total. The summed E-state index contributed by atoms with van der Waals surface area (Å²) in [5.41, 5.74) is 1.46. The summed E-state index contributed by atoms with van der Waals surface area (Å²) in [5.74, 6) is -0.195. The molecule has 12 nitrogen and oxygen atoms in total. The molecule has 2 aliphatic heterocycles. The highest BCUT2D eigenvalue weighted by Crippen LogP contribution is 2.39. The summed E-state index contributed by atoms with van der Waals surface area (Å²) >= 11 is 6.12. The number of fused-ring (bicyclic) bond motifs is 1. The van der Waals surface area contributed by atoms with Gasteiger partial charge in [0, 0.05) is 61.1 Å².